The van der Waals surface area contributed by atoms with Crippen molar-refractivity contribution in [3.8, 4) is 0 Å². The lowest BCUT2D eigenvalue weighted by Crippen LogP contribution is -2.37. The maximum atomic E-state index is 11.9. The summed E-state index contributed by atoms with van der Waals surface area (Å²) >= 11 is 0.822. The summed E-state index contributed by atoms with van der Waals surface area (Å²) in [5, 5.41) is -0.383. The quantitative estimate of drug-likeness (QED) is 0.753. The van der Waals surface area contributed by atoms with E-state index in [1.165, 1.54) is 6.33 Å². The predicted octanol–water partition coefficient (Wildman–Crippen LogP) is 1.03. The van der Waals surface area contributed by atoms with E-state index in [0.717, 1.165) is 29.8 Å². The molecule has 0 unspecified atom stereocenters. The fourth-order valence-corrected chi connectivity index (χ4v) is 2.68. The topological polar surface area (TPSA) is 75.6 Å². The molecule has 0 aromatic carbocycles. The standard InChI is InChI=1S/C12H12N4O3S/c1-8-11(17)16(12(18)20-8)10-6-9(13-7-14-10)15-2-4-19-5-3-15/h6-7H,1-5H2. The molecule has 1 aromatic rings. The average molecular weight is 292 g/mol. The molecule has 8 heteroatoms. The summed E-state index contributed by atoms with van der Waals surface area (Å²) in [7, 11) is 0. The SMILES string of the molecule is C=C1SC(=O)N(c2cc(N3CCOCC3)ncn2)C1=O. The summed E-state index contributed by atoms with van der Waals surface area (Å²) in [5.74, 6) is 0.538. The second-order valence-corrected chi connectivity index (χ2v) is 5.31. The highest BCUT2D eigenvalue weighted by Gasteiger charge is 2.36. The lowest BCUT2D eigenvalue weighted by Gasteiger charge is -2.28. The molecular formula is C12H12N4O3S. The second kappa shape index (κ2) is 5.22. The number of anilines is 2. The maximum Gasteiger partial charge on any atom is 0.299 e. The van der Waals surface area contributed by atoms with Crippen LogP contribution in [0, 0.1) is 0 Å². The van der Waals surface area contributed by atoms with Crippen LogP contribution in [0.1, 0.15) is 0 Å². The van der Waals surface area contributed by atoms with Gasteiger partial charge in [0.15, 0.2) is 0 Å². The molecular weight excluding hydrogens is 280 g/mol. The van der Waals surface area contributed by atoms with Gasteiger partial charge in [-0.1, -0.05) is 6.58 Å². The third-order valence-corrected chi connectivity index (χ3v) is 3.82. The van der Waals surface area contributed by atoms with Crippen LogP contribution < -0.4 is 9.80 Å². The van der Waals surface area contributed by atoms with Gasteiger partial charge in [0.05, 0.1) is 18.1 Å². The summed E-state index contributed by atoms with van der Waals surface area (Å²) in [4.78, 5) is 35.2. The molecule has 2 amide bonds. The van der Waals surface area contributed by atoms with Crippen molar-refractivity contribution in [2.45, 2.75) is 0 Å². The van der Waals surface area contributed by atoms with Crippen molar-refractivity contribution in [2.75, 3.05) is 36.1 Å². The zero-order valence-electron chi connectivity index (χ0n) is 10.6. The molecule has 7 nitrogen and oxygen atoms in total. The number of aromatic nitrogens is 2. The molecule has 0 saturated carbocycles. The summed E-state index contributed by atoms with van der Waals surface area (Å²) < 4.78 is 5.28. The van der Waals surface area contributed by atoms with Gasteiger partial charge in [-0.3, -0.25) is 9.59 Å². The van der Waals surface area contributed by atoms with Gasteiger partial charge in [-0.05, 0) is 11.8 Å². The number of hydrogen-bond donors (Lipinski definition) is 0. The normalized spacial score (nSPS) is 19.9. The lowest BCUT2D eigenvalue weighted by atomic mass is 10.3. The Kier molecular flexibility index (Phi) is 3.41. The van der Waals surface area contributed by atoms with Crippen LogP contribution in [0.25, 0.3) is 0 Å². The summed E-state index contributed by atoms with van der Waals surface area (Å²) in [5.41, 5.74) is 0. The lowest BCUT2D eigenvalue weighted by molar-refractivity contribution is -0.113. The smallest absolute Gasteiger partial charge is 0.299 e. The van der Waals surface area contributed by atoms with Crippen LogP contribution in [0.5, 0.6) is 0 Å². The molecule has 0 radical (unpaired) electrons. The fourth-order valence-electron chi connectivity index (χ4n) is 2.02. The third kappa shape index (κ3) is 2.27. The van der Waals surface area contributed by atoms with E-state index in [9.17, 15) is 9.59 Å². The minimum absolute atomic E-state index is 0.210. The highest BCUT2D eigenvalue weighted by molar-refractivity contribution is 8.18. The van der Waals surface area contributed by atoms with Gasteiger partial charge in [-0.25, -0.2) is 14.9 Å². The Hall–Kier alpha value is -1.93. The Balaban J connectivity index is 1.89. The number of morpholine rings is 1. The van der Waals surface area contributed by atoms with E-state index >= 15 is 0 Å². The number of ether oxygens (including phenoxy) is 1. The zero-order valence-corrected chi connectivity index (χ0v) is 11.4. The van der Waals surface area contributed by atoms with Crippen LogP contribution >= 0.6 is 11.8 Å². The molecule has 0 aliphatic carbocycles. The van der Waals surface area contributed by atoms with Crippen molar-refractivity contribution in [3.63, 3.8) is 0 Å². The number of amides is 2. The Morgan fingerprint density at radius 3 is 2.55 bits per heavy atom. The average Bonchev–Trinajstić information content (AvgIpc) is 2.73. The van der Waals surface area contributed by atoms with E-state index in [2.05, 4.69) is 16.5 Å². The molecule has 0 spiro atoms. The molecule has 0 N–H and O–H groups in total. The summed E-state index contributed by atoms with van der Waals surface area (Å²) in [6.07, 6.45) is 1.35. The number of hydrogen-bond acceptors (Lipinski definition) is 7. The van der Waals surface area contributed by atoms with Crippen molar-refractivity contribution >= 4 is 34.5 Å². The van der Waals surface area contributed by atoms with Crippen LogP contribution in [-0.4, -0.2) is 47.4 Å². The predicted molar refractivity (Wildman–Crippen MR) is 74.7 cm³/mol. The third-order valence-electron chi connectivity index (χ3n) is 3.04. The van der Waals surface area contributed by atoms with E-state index < -0.39 is 5.91 Å². The van der Waals surface area contributed by atoms with Crippen LogP contribution in [0.4, 0.5) is 16.4 Å². The van der Waals surface area contributed by atoms with Gasteiger partial charge in [-0.2, -0.15) is 0 Å². The number of carbonyl (C=O) groups is 2. The summed E-state index contributed by atoms with van der Waals surface area (Å²) in [6.45, 7) is 6.26. The number of rotatable bonds is 2. The van der Waals surface area contributed by atoms with Crippen molar-refractivity contribution in [2.24, 2.45) is 0 Å². The molecule has 104 valence electrons. The van der Waals surface area contributed by atoms with Gasteiger partial charge < -0.3 is 9.64 Å². The van der Waals surface area contributed by atoms with Crippen molar-refractivity contribution in [1.29, 1.82) is 0 Å². The van der Waals surface area contributed by atoms with Gasteiger partial charge in [-0.15, -0.1) is 0 Å². The van der Waals surface area contributed by atoms with Gasteiger partial charge in [0.25, 0.3) is 11.1 Å². The van der Waals surface area contributed by atoms with Crippen LogP contribution in [0.15, 0.2) is 23.9 Å². The van der Waals surface area contributed by atoms with Gasteiger partial charge >= 0.3 is 0 Å². The first-order valence-electron chi connectivity index (χ1n) is 6.07. The van der Waals surface area contributed by atoms with Crippen LogP contribution in [0.2, 0.25) is 0 Å². The van der Waals surface area contributed by atoms with Gasteiger partial charge in [0.1, 0.15) is 18.0 Å². The molecule has 0 bridgehead atoms. The van der Waals surface area contributed by atoms with E-state index in [1.807, 2.05) is 4.90 Å². The van der Waals surface area contributed by atoms with E-state index in [1.54, 1.807) is 6.07 Å². The van der Waals surface area contributed by atoms with E-state index in [0.29, 0.717) is 19.0 Å². The Morgan fingerprint density at radius 1 is 1.20 bits per heavy atom. The molecule has 0 atom stereocenters. The molecule has 2 fully saturated rings. The molecule has 3 rings (SSSR count). The maximum absolute atomic E-state index is 11.9. The fraction of sp³-hybridized carbons (Fsp3) is 0.333. The molecule has 20 heavy (non-hydrogen) atoms. The van der Waals surface area contributed by atoms with E-state index in [4.69, 9.17) is 4.74 Å². The van der Waals surface area contributed by atoms with Gasteiger partial charge in [0.2, 0.25) is 0 Å². The first-order chi connectivity index (χ1) is 9.66. The van der Waals surface area contributed by atoms with Crippen molar-refractivity contribution in [1.82, 2.24) is 9.97 Å². The molecule has 2 saturated heterocycles. The Morgan fingerprint density at radius 2 is 1.90 bits per heavy atom. The monoisotopic (exact) mass is 292 g/mol. The minimum atomic E-state index is -0.424. The second-order valence-electron chi connectivity index (χ2n) is 4.27. The minimum Gasteiger partial charge on any atom is -0.378 e. The largest absolute Gasteiger partial charge is 0.378 e. The van der Waals surface area contributed by atoms with Crippen LogP contribution in [-0.2, 0) is 9.53 Å². The molecule has 2 aliphatic heterocycles. The number of imide groups is 1. The highest BCUT2D eigenvalue weighted by Crippen LogP contribution is 2.33. The van der Waals surface area contributed by atoms with Crippen molar-refractivity contribution < 1.29 is 14.3 Å². The number of carbonyl (C=O) groups excluding carboxylic acids is 2. The van der Waals surface area contributed by atoms with E-state index in [-0.39, 0.29) is 16.0 Å². The first kappa shape index (κ1) is 13.1. The molecule has 3 heterocycles. The highest BCUT2D eigenvalue weighted by atomic mass is 32.2. The number of nitrogens with zero attached hydrogens (tertiary/aromatic N) is 4. The van der Waals surface area contributed by atoms with Gasteiger partial charge in [0, 0.05) is 19.2 Å². The van der Waals surface area contributed by atoms with Crippen LogP contribution in [0.3, 0.4) is 0 Å². The summed E-state index contributed by atoms with van der Waals surface area (Å²) in [6, 6.07) is 1.64. The first-order valence-corrected chi connectivity index (χ1v) is 6.88. The number of thioether (sulfide) groups is 1. The zero-order chi connectivity index (χ0) is 14.1. The Labute approximate surface area is 119 Å². The van der Waals surface area contributed by atoms with Crippen molar-refractivity contribution in [3.05, 3.63) is 23.9 Å². The Bertz CT molecular complexity index is 586. The molecule has 1 aromatic heterocycles. The molecule has 2 aliphatic rings.